The monoisotopic (exact) mass is 464 g/mol. The largest absolute Gasteiger partial charge is 0.497 e. The third-order valence-electron chi connectivity index (χ3n) is 5.78. The van der Waals surface area contributed by atoms with Crippen molar-refractivity contribution in [1.29, 1.82) is 0 Å². The zero-order valence-corrected chi connectivity index (χ0v) is 19.3. The second-order valence-corrected chi connectivity index (χ2v) is 9.83. The number of carbonyl (C=O) groups excluding carboxylic acids is 1. The molecule has 32 heavy (non-hydrogen) atoms. The molecule has 2 aromatic carbocycles. The Morgan fingerprint density at radius 3 is 2.47 bits per heavy atom. The first kappa shape index (κ1) is 24.0. The Morgan fingerprint density at radius 2 is 1.84 bits per heavy atom. The van der Waals surface area contributed by atoms with E-state index in [-0.39, 0.29) is 42.3 Å². The Balaban J connectivity index is 1.59. The van der Waals surface area contributed by atoms with Crippen LogP contribution in [-0.2, 0) is 20.6 Å². The maximum absolute atomic E-state index is 13.9. The Morgan fingerprint density at radius 1 is 1.16 bits per heavy atom. The van der Waals surface area contributed by atoms with Crippen molar-refractivity contribution < 1.29 is 27.1 Å². The second kappa shape index (κ2) is 10.3. The summed E-state index contributed by atoms with van der Waals surface area (Å²) < 4.78 is 51.3. The molecule has 0 radical (unpaired) electrons. The van der Waals surface area contributed by atoms with Gasteiger partial charge in [0.25, 0.3) is 0 Å². The van der Waals surface area contributed by atoms with E-state index in [0.717, 1.165) is 5.56 Å². The van der Waals surface area contributed by atoms with Gasteiger partial charge in [-0.1, -0.05) is 18.2 Å². The molecule has 0 aromatic heterocycles. The topological polar surface area (TPSA) is 84.9 Å². The van der Waals surface area contributed by atoms with Crippen LogP contribution in [0.3, 0.4) is 0 Å². The summed E-state index contributed by atoms with van der Waals surface area (Å²) in [5, 5.41) is 3.00. The molecule has 9 heteroatoms. The van der Waals surface area contributed by atoms with Gasteiger partial charge in [0.15, 0.2) is 0 Å². The molecule has 0 aliphatic carbocycles. The predicted octanol–water partition coefficient (Wildman–Crippen LogP) is 3.26. The van der Waals surface area contributed by atoms with Crippen LogP contribution >= 0.6 is 0 Å². The number of nitrogens with one attached hydrogen (secondary N) is 1. The van der Waals surface area contributed by atoms with Crippen molar-refractivity contribution >= 4 is 15.9 Å². The van der Waals surface area contributed by atoms with Gasteiger partial charge in [0.1, 0.15) is 17.3 Å². The second-order valence-electron chi connectivity index (χ2n) is 7.86. The molecule has 0 saturated carbocycles. The van der Waals surface area contributed by atoms with Crippen LogP contribution in [0, 0.1) is 11.7 Å². The van der Waals surface area contributed by atoms with Crippen LogP contribution in [0.5, 0.6) is 11.5 Å². The Bertz CT molecular complexity index is 1050. The Labute approximate surface area is 188 Å². The summed E-state index contributed by atoms with van der Waals surface area (Å²) in [6.45, 7) is 2.32. The fraction of sp³-hybridized carbons (Fsp3) is 0.435. The molecule has 174 valence electrons. The maximum Gasteiger partial charge on any atom is 0.223 e. The highest BCUT2D eigenvalue weighted by Crippen LogP contribution is 2.30. The van der Waals surface area contributed by atoms with Gasteiger partial charge in [-0.3, -0.25) is 4.79 Å². The number of hydrogen-bond acceptors (Lipinski definition) is 5. The van der Waals surface area contributed by atoms with E-state index >= 15 is 0 Å². The number of sulfonamides is 1. The van der Waals surface area contributed by atoms with Gasteiger partial charge in [0.2, 0.25) is 15.9 Å². The van der Waals surface area contributed by atoms with Crippen molar-refractivity contribution in [2.24, 2.45) is 5.92 Å². The van der Waals surface area contributed by atoms with E-state index in [2.05, 4.69) is 5.32 Å². The minimum atomic E-state index is -3.66. The van der Waals surface area contributed by atoms with E-state index in [0.29, 0.717) is 24.3 Å². The van der Waals surface area contributed by atoms with Gasteiger partial charge < -0.3 is 14.8 Å². The molecule has 1 aliphatic heterocycles. The zero-order chi connectivity index (χ0) is 23.3. The fourth-order valence-corrected chi connectivity index (χ4v) is 5.46. The smallest absolute Gasteiger partial charge is 0.223 e. The van der Waals surface area contributed by atoms with Crippen molar-refractivity contribution in [3.63, 3.8) is 0 Å². The van der Waals surface area contributed by atoms with Crippen LogP contribution in [0.4, 0.5) is 4.39 Å². The molecule has 1 atom stereocenters. The number of benzene rings is 2. The number of amides is 1. The highest BCUT2D eigenvalue weighted by Gasteiger charge is 2.32. The first-order valence-corrected chi connectivity index (χ1v) is 12.1. The van der Waals surface area contributed by atoms with Gasteiger partial charge in [-0.25, -0.2) is 17.1 Å². The third-order valence-corrected chi connectivity index (χ3v) is 7.60. The highest BCUT2D eigenvalue weighted by molar-refractivity contribution is 7.88. The molecular formula is C23H29FN2O5S. The summed E-state index contributed by atoms with van der Waals surface area (Å²) in [5.41, 5.74) is 0.943. The van der Waals surface area contributed by atoms with Crippen LogP contribution in [-0.4, -0.2) is 45.9 Å². The van der Waals surface area contributed by atoms with Gasteiger partial charge in [-0.15, -0.1) is 0 Å². The van der Waals surface area contributed by atoms with E-state index in [1.54, 1.807) is 32.4 Å². The van der Waals surface area contributed by atoms with Crippen LogP contribution in [0.15, 0.2) is 42.5 Å². The molecule has 3 rings (SSSR count). The standard InChI is InChI=1S/C23H29FN2O5S/c1-16(20-14-19(30-2)8-9-22(20)31-3)25-23(27)17-10-12-26(13-11-17)32(28,29)15-18-6-4-5-7-21(18)24/h4-9,14,16-17H,10-13,15H2,1-3H3,(H,25,27)/t16-/m1/s1. The number of hydrogen-bond donors (Lipinski definition) is 1. The van der Waals surface area contributed by atoms with Gasteiger partial charge in [0.05, 0.1) is 26.0 Å². The molecule has 1 amide bonds. The van der Waals surface area contributed by atoms with E-state index in [4.69, 9.17) is 9.47 Å². The summed E-state index contributed by atoms with van der Waals surface area (Å²) in [7, 11) is -0.521. The molecule has 1 fully saturated rings. The normalized spacial score (nSPS) is 16.4. The highest BCUT2D eigenvalue weighted by atomic mass is 32.2. The van der Waals surface area contributed by atoms with Gasteiger partial charge in [-0.2, -0.15) is 0 Å². The lowest BCUT2D eigenvalue weighted by Gasteiger charge is -2.31. The maximum atomic E-state index is 13.9. The minimum Gasteiger partial charge on any atom is -0.497 e. The number of halogens is 1. The molecule has 1 aliphatic rings. The lowest BCUT2D eigenvalue weighted by Crippen LogP contribution is -2.43. The van der Waals surface area contributed by atoms with Crippen molar-refractivity contribution in [2.75, 3.05) is 27.3 Å². The molecule has 0 spiro atoms. The molecule has 1 heterocycles. The van der Waals surface area contributed by atoms with Crippen molar-refractivity contribution in [1.82, 2.24) is 9.62 Å². The number of rotatable bonds is 8. The average Bonchev–Trinajstić information content (AvgIpc) is 2.80. The number of nitrogens with zero attached hydrogens (tertiary/aromatic N) is 1. The molecule has 7 nitrogen and oxygen atoms in total. The SMILES string of the molecule is COc1ccc(OC)c([C@@H](C)NC(=O)C2CCN(S(=O)(=O)Cc3ccccc3F)CC2)c1. The summed E-state index contributed by atoms with van der Waals surface area (Å²) in [6, 6.07) is 10.9. The fourth-order valence-electron chi connectivity index (χ4n) is 3.89. The zero-order valence-electron chi connectivity index (χ0n) is 18.5. The lowest BCUT2D eigenvalue weighted by atomic mass is 9.96. The number of piperidine rings is 1. The average molecular weight is 465 g/mol. The minimum absolute atomic E-state index is 0.131. The summed E-state index contributed by atoms with van der Waals surface area (Å²) in [6.07, 6.45) is 0.814. The number of methoxy groups -OCH3 is 2. The molecule has 0 unspecified atom stereocenters. The van der Waals surface area contributed by atoms with Gasteiger partial charge in [-0.05, 0) is 44.0 Å². The van der Waals surface area contributed by atoms with Gasteiger partial charge >= 0.3 is 0 Å². The van der Waals surface area contributed by atoms with E-state index < -0.39 is 15.8 Å². The molecule has 2 aromatic rings. The number of carbonyl (C=O) groups is 1. The van der Waals surface area contributed by atoms with Gasteiger partial charge in [0, 0.05) is 30.1 Å². The molecule has 0 bridgehead atoms. The Hall–Kier alpha value is -2.65. The van der Waals surface area contributed by atoms with Crippen LogP contribution < -0.4 is 14.8 Å². The van der Waals surface area contributed by atoms with E-state index in [1.165, 1.54) is 22.5 Å². The van der Waals surface area contributed by atoms with Crippen LogP contribution in [0.25, 0.3) is 0 Å². The predicted molar refractivity (Wildman–Crippen MR) is 119 cm³/mol. The van der Waals surface area contributed by atoms with Crippen molar-refractivity contribution in [3.8, 4) is 11.5 Å². The lowest BCUT2D eigenvalue weighted by molar-refractivity contribution is -0.126. The first-order valence-electron chi connectivity index (χ1n) is 10.5. The van der Waals surface area contributed by atoms with Crippen LogP contribution in [0.2, 0.25) is 0 Å². The van der Waals surface area contributed by atoms with E-state index in [9.17, 15) is 17.6 Å². The quantitative estimate of drug-likeness (QED) is 0.648. The third kappa shape index (κ3) is 5.58. The molecule has 1 N–H and O–H groups in total. The first-order chi connectivity index (χ1) is 15.2. The Kier molecular flexibility index (Phi) is 7.73. The van der Waals surface area contributed by atoms with Crippen molar-refractivity contribution in [3.05, 3.63) is 59.4 Å². The van der Waals surface area contributed by atoms with Crippen LogP contribution in [0.1, 0.15) is 36.9 Å². The summed E-state index contributed by atoms with van der Waals surface area (Å²) in [4.78, 5) is 12.8. The summed E-state index contributed by atoms with van der Waals surface area (Å²) in [5.74, 6) is -0.0406. The number of ether oxygens (including phenoxy) is 2. The molecule has 1 saturated heterocycles. The molecular weight excluding hydrogens is 435 g/mol. The van der Waals surface area contributed by atoms with E-state index in [1.807, 2.05) is 13.0 Å². The van der Waals surface area contributed by atoms with Crippen molar-refractivity contribution in [2.45, 2.75) is 31.6 Å². The summed E-state index contributed by atoms with van der Waals surface area (Å²) >= 11 is 0.